The lowest BCUT2D eigenvalue weighted by atomic mass is 9.93. The van der Waals surface area contributed by atoms with Gasteiger partial charge in [-0.15, -0.1) is 0 Å². The Morgan fingerprint density at radius 3 is 2.35 bits per heavy atom. The van der Waals surface area contributed by atoms with Crippen LogP contribution in [0.5, 0.6) is 0 Å². The summed E-state index contributed by atoms with van der Waals surface area (Å²) in [6.07, 6.45) is 4.26. The molecule has 2 aromatic rings. The maximum absolute atomic E-state index is 6.19. The van der Waals surface area contributed by atoms with Crippen molar-refractivity contribution < 1.29 is 4.42 Å². The second-order valence-corrected chi connectivity index (χ2v) is 4.74. The predicted molar refractivity (Wildman–Crippen MR) is 70.0 cm³/mol. The molecule has 2 rings (SSSR count). The summed E-state index contributed by atoms with van der Waals surface area (Å²) in [5, 5.41) is 0. The third-order valence-corrected chi connectivity index (χ3v) is 3.24. The lowest BCUT2D eigenvalue weighted by Crippen LogP contribution is -2.14. The summed E-state index contributed by atoms with van der Waals surface area (Å²) in [6.45, 7) is 6.43. The van der Waals surface area contributed by atoms with Crippen LogP contribution in [-0.2, 0) is 6.42 Å². The SMILES string of the molecule is Cc1cc(C)c(CC(N)c2ccoc2)c(C)c1. The van der Waals surface area contributed by atoms with E-state index in [0.29, 0.717) is 0 Å². The number of rotatable bonds is 3. The molecule has 2 nitrogen and oxygen atoms in total. The van der Waals surface area contributed by atoms with E-state index >= 15 is 0 Å². The van der Waals surface area contributed by atoms with Crippen molar-refractivity contribution in [2.45, 2.75) is 33.2 Å². The topological polar surface area (TPSA) is 39.2 Å². The highest BCUT2D eigenvalue weighted by Gasteiger charge is 2.12. The predicted octanol–water partition coefficient (Wildman–Crippen LogP) is 3.45. The molecule has 1 aromatic heterocycles. The number of hydrogen-bond donors (Lipinski definition) is 1. The largest absolute Gasteiger partial charge is 0.472 e. The van der Waals surface area contributed by atoms with E-state index in [1.54, 1.807) is 12.5 Å². The van der Waals surface area contributed by atoms with Crippen LogP contribution in [-0.4, -0.2) is 0 Å². The summed E-state index contributed by atoms with van der Waals surface area (Å²) >= 11 is 0. The van der Waals surface area contributed by atoms with Crippen LogP contribution < -0.4 is 5.73 Å². The molecule has 0 fully saturated rings. The number of aryl methyl sites for hydroxylation is 3. The van der Waals surface area contributed by atoms with Crippen molar-refractivity contribution in [2.75, 3.05) is 0 Å². The standard InChI is InChI=1S/C15H19NO/c1-10-6-11(2)14(12(3)7-10)8-15(16)13-4-5-17-9-13/h4-7,9,15H,8,16H2,1-3H3. The van der Waals surface area contributed by atoms with Gasteiger partial charge in [0.05, 0.1) is 12.5 Å². The van der Waals surface area contributed by atoms with Gasteiger partial charge in [0.25, 0.3) is 0 Å². The van der Waals surface area contributed by atoms with Crippen molar-refractivity contribution in [3.8, 4) is 0 Å². The first-order valence-electron chi connectivity index (χ1n) is 5.92. The van der Waals surface area contributed by atoms with E-state index < -0.39 is 0 Å². The molecule has 0 radical (unpaired) electrons. The van der Waals surface area contributed by atoms with Gasteiger partial charge < -0.3 is 10.2 Å². The molecule has 0 bridgehead atoms. The zero-order chi connectivity index (χ0) is 12.4. The minimum absolute atomic E-state index is 0.00820. The fraction of sp³-hybridized carbons (Fsp3) is 0.333. The summed E-state index contributed by atoms with van der Waals surface area (Å²) in [7, 11) is 0. The molecule has 0 aliphatic heterocycles. The van der Waals surface area contributed by atoms with Crippen LogP contribution >= 0.6 is 0 Å². The molecule has 1 unspecified atom stereocenters. The summed E-state index contributed by atoms with van der Waals surface area (Å²) in [6, 6.07) is 6.37. The van der Waals surface area contributed by atoms with E-state index in [2.05, 4.69) is 32.9 Å². The van der Waals surface area contributed by atoms with E-state index in [0.717, 1.165) is 12.0 Å². The van der Waals surface area contributed by atoms with Gasteiger partial charge in [-0.2, -0.15) is 0 Å². The van der Waals surface area contributed by atoms with E-state index in [1.165, 1.54) is 22.3 Å². The zero-order valence-electron chi connectivity index (χ0n) is 10.7. The average molecular weight is 229 g/mol. The Kier molecular flexibility index (Phi) is 3.34. The molecule has 17 heavy (non-hydrogen) atoms. The van der Waals surface area contributed by atoms with Crippen LogP contribution in [0.3, 0.4) is 0 Å². The minimum Gasteiger partial charge on any atom is -0.472 e. The first kappa shape index (κ1) is 11.9. The third-order valence-electron chi connectivity index (χ3n) is 3.24. The average Bonchev–Trinajstić information content (AvgIpc) is 2.76. The van der Waals surface area contributed by atoms with Gasteiger partial charge in [-0.25, -0.2) is 0 Å². The van der Waals surface area contributed by atoms with E-state index in [1.807, 2.05) is 6.07 Å². The first-order valence-corrected chi connectivity index (χ1v) is 5.92. The van der Waals surface area contributed by atoms with Gasteiger partial charge >= 0.3 is 0 Å². The number of nitrogens with two attached hydrogens (primary N) is 1. The molecule has 90 valence electrons. The van der Waals surface area contributed by atoms with Crippen molar-refractivity contribution in [3.05, 3.63) is 58.5 Å². The highest BCUT2D eigenvalue weighted by molar-refractivity contribution is 5.38. The molecular formula is C15H19NO. The van der Waals surface area contributed by atoms with Crippen molar-refractivity contribution >= 4 is 0 Å². The van der Waals surface area contributed by atoms with Gasteiger partial charge in [-0.3, -0.25) is 0 Å². The maximum Gasteiger partial charge on any atom is 0.0950 e. The van der Waals surface area contributed by atoms with Crippen LogP contribution in [0, 0.1) is 20.8 Å². The molecule has 0 saturated heterocycles. The lowest BCUT2D eigenvalue weighted by molar-refractivity contribution is 0.558. The van der Waals surface area contributed by atoms with Crippen molar-refractivity contribution in [1.82, 2.24) is 0 Å². The molecule has 2 N–H and O–H groups in total. The molecule has 2 heteroatoms. The number of benzene rings is 1. The Balaban J connectivity index is 2.25. The van der Waals surface area contributed by atoms with Gasteiger partial charge in [0, 0.05) is 11.6 Å². The van der Waals surface area contributed by atoms with Crippen LogP contribution in [0.1, 0.15) is 33.9 Å². The summed E-state index contributed by atoms with van der Waals surface area (Å²) in [4.78, 5) is 0. The van der Waals surface area contributed by atoms with Crippen LogP contribution in [0.2, 0.25) is 0 Å². The molecule has 1 atom stereocenters. The molecule has 0 amide bonds. The van der Waals surface area contributed by atoms with Gasteiger partial charge in [0.1, 0.15) is 0 Å². The van der Waals surface area contributed by atoms with Gasteiger partial charge in [0.15, 0.2) is 0 Å². The fourth-order valence-corrected chi connectivity index (χ4v) is 2.36. The minimum atomic E-state index is 0.00820. The van der Waals surface area contributed by atoms with Gasteiger partial charge in [-0.1, -0.05) is 17.7 Å². The maximum atomic E-state index is 6.19. The quantitative estimate of drug-likeness (QED) is 0.875. The number of hydrogen-bond acceptors (Lipinski definition) is 2. The van der Waals surface area contributed by atoms with E-state index in [-0.39, 0.29) is 6.04 Å². The Labute approximate surface area is 102 Å². The zero-order valence-corrected chi connectivity index (χ0v) is 10.7. The summed E-state index contributed by atoms with van der Waals surface area (Å²) in [5.74, 6) is 0. The molecular weight excluding hydrogens is 210 g/mol. The molecule has 0 aliphatic carbocycles. The highest BCUT2D eigenvalue weighted by Crippen LogP contribution is 2.22. The third kappa shape index (κ3) is 2.59. The van der Waals surface area contributed by atoms with E-state index in [9.17, 15) is 0 Å². The molecule has 1 aromatic carbocycles. The monoisotopic (exact) mass is 229 g/mol. The molecule has 0 spiro atoms. The van der Waals surface area contributed by atoms with Crippen molar-refractivity contribution in [2.24, 2.45) is 5.73 Å². The van der Waals surface area contributed by atoms with Crippen LogP contribution in [0.4, 0.5) is 0 Å². The second kappa shape index (κ2) is 4.76. The van der Waals surface area contributed by atoms with Gasteiger partial charge in [-0.05, 0) is 49.9 Å². The molecule has 1 heterocycles. The van der Waals surface area contributed by atoms with Crippen LogP contribution in [0.25, 0.3) is 0 Å². The lowest BCUT2D eigenvalue weighted by Gasteiger charge is -2.15. The van der Waals surface area contributed by atoms with Crippen LogP contribution in [0.15, 0.2) is 35.1 Å². The summed E-state index contributed by atoms with van der Waals surface area (Å²) < 4.78 is 5.07. The van der Waals surface area contributed by atoms with E-state index in [4.69, 9.17) is 10.2 Å². The Hall–Kier alpha value is -1.54. The van der Waals surface area contributed by atoms with Crippen molar-refractivity contribution in [3.63, 3.8) is 0 Å². The first-order chi connectivity index (χ1) is 8.08. The fourth-order valence-electron chi connectivity index (χ4n) is 2.36. The Morgan fingerprint density at radius 2 is 1.82 bits per heavy atom. The molecule has 0 saturated carbocycles. The summed E-state index contributed by atoms with van der Waals surface area (Å²) in [5.41, 5.74) is 12.5. The Morgan fingerprint density at radius 1 is 1.18 bits per heavy atom. The molecule has 0 aliphatic rings. The highest BCUT2D eigenvalue weighted by atomic mass is 16.3. The van der Waals surface area contributed by atoms with Gasteiger partial charge in [0.2, 0.25) is 0 Å². The Bertz CT molecular complexity index is 477. The number of furan rings is 1. The van der Waals surface area contributed by atoms with Crippen molar-refractivity contribution in [1.29, 1.82) is 0 Å². The second-order valence-electron chi connectivity index (χ2n) is 4.74. The smallest absolute Gasteiger partial charge is 0.0950 e. The normalized spacial score (nSPS) is 12.7.